The van der Waals surface area contributed by atoms with Gasteiger partial charge in [-0.05, 0) is 0 Å². The number of hydrogen-bond acceptors (Lipinski definition) is 2. The van der Waals surface area contributed by atoms with Crippen LogP contribution in [-0.4, -0.2) is 30.6 Å². The molecule has 11 heavy (non-hydrogen) atoms. The summed E-state index contributed by atoms with van der Waals surface area (Å²) in [7, 11) is 0. The number of hydrogen-bond donors (Lipinski definition) is 1. The Kier molecular flexibility index (Phi) is 1.88. The molecule has 0 aromatic heterocycles. The topological polar surface area (TPSA) is 29.5 Å². The predicted molar refractivity (Wildman–Crippen MR) is 31.0 cm³/mol. The summed E-state index contributed by atoms with van der Waals surface area (Å²) in [6, 6.07) is 0. The lowest BCUT2D eigenvalue weighted by Gasteiger charge is -2.42. The zero-order chi connectivity index (χ0) is 8.70. The zero-order valence-electron chi connectivity index (χ0n) is 5.98. The highest BCUT2D eigenvalue weighted by atomic mass is 19.4. The summed E-state index contributed by atoms with van der Waals surface area (Å²) in [5.74, 6) is 0. The first kappa shape index (κ1) is 8.80. The maximum atomic E-state index is 11.9. The Morgan fingerprint density at radius 3 is 2.00 bits per heavy atom. The van der Waals surface area contributed by atoms with E-state index in [9.17, 15) is 13.2 Å². The number of aliphatic hydroxyl groups is 1. The van der Waals surface area contributed by atoms with Gasteiger partial charge in [0.2, 0.25) is 0 Å². The number of ether oxygens (including phenoxy) is 1. The summed E-state index contributed by atoms with van der Waals surface area (Å²) in [4.78, 5) is 0. The molecule has 0 radical (unpaired) electrons. The molecule has 0 aliphatic carbocycles. The molecular formula is C6H9F3O2. The molecule has 1 saturated heterocycles. The van der Waals surface area contributed by atoms with Gasteiger partial charge in [-0.3, -0.25) is 0 Å². The predicted octanol–water partition coefficient (Wildman–Crippen LogP) is 0.946. The van der Waals surface area contributed by atoms with Gasteiger partial charge in [0.1, 0.15) is 0 Å². The molecular weight excluding hydrogens is 161 g/mol. The summed E-state index contributed by atoms with van der Waals surface area (Å²) in [6.45, 7) is 1.32. The normalized spacial score (nSPS) is 25.9. The molecule has 1 atom stereocenters. The third-order valence-electron chi connectivity index (χ3n) is 1.83. The molecule has 1 unspecified atom stereocenters. The Balaban J connectivity index is 2.60. The first-order chi connectivity index (χ1) is 4.86. The molecule has 1 N–H and O–H groups in total. The first-order valence-electron chi connectivity index (χ1n) is 3.19. The Hall–Kier alpha value is -0.290. The molecule has 1 fully saturated rings. The molecule has 0 aromatic carbocycles. The molecule has 1 rings (SSSR count). The summed E-state index contributed by atoms with van der Waals surface area (Å²) in [5.41, 5.74) is -1.13. The number of aliphatic hydroxyl groups excluding tert-OH is 1. The Morgan fingerprint density at radius 2 is 1.91 bits per heavy atom. The monoisotopic (exact) mass is 170 g/mol. The van der Waals surface area contributed by atoms with Crippen LogP contribution >= 0.6 is 0 Å². The Morgan fingerprint density at radius 1 is 1.45 bits per heavy atom. The van der Waals surface area contributed by atoms with E-state index in [2.05, 4.69) is 4.74 Å². The van der Waals surface area contributed by atoms with Gasteiger partial charge >= 0.3 is 6.18 Å². The molecule has 66 valence electrons. The van der Waals surface area contributed by atoms with Crippen molar-refractivity contribution in [2.45, 2.75) is 19.2 Å². The fourth-order valence-electron chi connectivity index (χ4n) is 0.977. The minimum atomic E-state index is -4.53. The standard InChI is InChI=1S/C6H9F3O2/c1-5(2-11-3-5)4(10)6(7,8)9/h4,10H,2-3H2,1H3. The molecule has 1 aliphatic heterocycles. The van der Waals surface area contributed by atoms with Crippen LogP contribution in [0.3, 0.4) is 0 Å². The van der Waals surface area contributed by atoms with Crippen LogP contribution in [-0.2, 0) is 4.74 Å². The van der Waals surface area contributed by atoms with Crippen LogP contribution in [0.15, 0.2) is 0 Å². The van der Waals surface area contributed by atoms with Crippen molar-refractivity contribution >= 4 is 0 Å². The molecule has 0 bridgehead atoms. The van der Waals surface area contributed by atoms with Crippen molar-refractivity contribution in [2.75, 3.05) is 13.2 Å². The second kappa shape index (κ2) is 2.35. The molecule has 5 heteroatoms. The van der Waals surface area contributed by atoms with E-state index in [0.717, 1.165) is 0 Å². The van der Waals surface area contributed by atoms with Gasteiger partial charge in [-0.2, -0.15) is 13.2 Å². The summed E-state index contributed by atoms with van der Waals surface area (Å²) in [5, 5.41) is 8.76. The van der Waals surface area contributed by atoms with Gasteiger partial charge in [0.15, 0.2) is 6.10 Å². The third kappa shape index (κ3) is 1.49. The van der Waals surface area contributed by atoms with Crippen molar-refractivity contribution in [3.8, 4) is 0 Å². The van der Waals surface area contributed by atoms with E-state index in [1.54, 1.807) is 0 Å². The van der Waals surface area contributed by atoms with Crippen LogP contribution in [0.1, 0.15) is 6.92 Å². The number of halogens is 3. The van der Waals surface area contributed by atoms with Crippen LogP contribution < -0.4 is 0 Å². The average molecular weight is 170 g/mol. The van der Waals surface area contributed by atoms with E-state index in [-0.39, 0.29) is 13.2 Å². The Bertz CT molecular complexity index is 150. The summed E-state index contributed by atoms with van der Waals surface area (Å²) < 4.78 is 40.2. The van der Waals surface area contributed by atoms with Crippen LogP contribution in [0.2, 0.25) is 0 Å². The van der Waals surface area contributed by atoms with E-state index in [1.807, 2.05) is 0 Å². The summed E-state index contributed by atoms with van der Waals surface area (Å²) >= 11 is 0. The molecule has 2 nitrogen and oxygen atoms in total. The third-order valence-corrected chi connectivity index (χ3v) is 1.83. The van der Waals surface area contributed by atoms with Gasteiger partial charge in [0.25, 0.3) is 0 Å². The van der Waals surface area contributed by atoms with Crippen molar-refractivity contribution in [1.29, 1.82) is 0 Å². The Labute approximate surface area is 62.0 Å². The van der Waals surface area contributed by atoms with Crippen molar-refractivity contribution in [3.05, 3.63) is 0 Å². The highest BCUT2D eigenvalue weighted by Crippen LogP contribution is 2.38. The lowest BCUT2D eigenvalue weighted by molar-refractivity contribution is -0.279. The van der Waals surface area contributed by atoms with Gasteiger partial charge in [-0.25, -0.2) is 0 Å². The van der Waals surface area contributed by atoms with Crippen molar-refractivity contribution in [3.63, 3.8) is 0 Å². The smallest absolute Gasteiger partial charge is 0.383 e. The molecule has 0 aromatic rings. The largest absolute Gasteiger partial charge is 0.415 e. The van der Waals surface area contributed by atoms with E-state index in [0.29, 0.717) is 0 Å². The highest BCUT2D eigenvalue weighted by Gasteiger charge is 2.53. The van der Waals surface area contributed by atoms with Crippen LogP contribution in [0.5, 0.6) is 0 Å². The minimum absolute atomic E-state index is 0.0202. The quantitative estimate of drug-likeness (QED) is 0.634. The molecule has 1 heterocycles. The zero-order valence-corrected chi connectivity index (χ0v) is 5.98. The van der Waals surface area contributed by atoms with Crippen molar-refractivity contribution < 1.29 is 23.0 Å². The van der Waals surface area contributed by atoms with Crippen molar-refractivity contribution in [2.24, 2.45) is 5.41 Å². The van der Waals surface area contributed by atoms with E-state index in [1.165, 1.54) is 6.92 Å². The van der Waals surface area contributed by atoms with E-state index < -0.39 is 17.7 Å². The molecule has 0 spiro atoms. The van der Waals surface area contributed by atoms with Crippen LogP contribution in [0.25, 0.3) is 0 Å². The number of alkyl halides is 3. The molecule has 0 amide bonds. The van der Waals surface area contributed by atoms with Gasteiger partial charge in [0.05, 0.1) is 13.2 Å². The van der Waals surface area contributed by atoms with Gasteiger partial charge in [-0.1, -0.05) is 6.92 Å². The molecule has 1 aliphatic rings. The van der Waals surface area contributed by atoms with Crippen LogP contribution in [0, 0.1) is 5.41 Å². The first-order valence-corrected chi connectivity index (χ1v) is 3.19. The minimum Gasteiger partial charge on any atom is -0.383 e. The molecule has 0 saturated carbocycles. The fourth-order valence-corrected chi connectivity index (χ4v) is 0.977. The van der Waals surface area contributed by atoms with Gasteiger partial charge in [0, 0.05) is 5.41 Å². The van der Waals surface area contributed by atoms with E-state index in [4.69, 9.17) is 5.11 Å². The van der Waals surface area contributed by atoms with Crippen molar-refractivity contribution in [1.82, 2.24) is 0 Å². The average Bonchev–Trinajstić information content (AvgIpc) is 1.79. The van der Waals surface area contributed by atoms with Crippen LogP contribution in [0.4, 0.5) is 13.2 Å². The lowest BCUT2D eigenvalue weighted by atomic mass is 9.82. The fraction of sp³-hybridized carbons (Fsp3) is 1.00. The second-order valence-corrected chi connectivity index (χ2v) is 3.09. The maximum absolute atomic E-state index is 11.9. The van der Waals surface area contributed by atoms with Gasteiger partial charge < -0.3 is 9.84 Å². The van der Waals surface area contributed by atoms with Gasteiger partial charge in [-0.15, -0.1) is 0 Å². The second-order valence-electron chi connectivity index (χ2n) is 3.09. The lowest BCUT2D eigenvalue weighted by Crippen LogP contribution is -2.54. The SMILES string of the molecule is CC1(C(O)C(F)(F)F)COC1. The maximum Gasteiger partial charge on any atom is 0.415 e. The highest BCUT2D eigenvalue weighted by molar-refractivity contribution is 4.91. The van der Waals surface area contributed by atoms with E-state index >= 15 is 0 Å². The summed E-state index contributed by atoms with van der Waals surface area (Å²) in [6.07, 6.45) is -6.79. The number of rotatable bonds is 1.